The molecule has 0 aliphatic rings. The van der Waals surface area contributed by atoms with E-state index >= 15 is 0 Å². The summed E-state index contributed by atoms with van der Waals surface area (Å²) in [4.78, 5) is 7.32. The Balaban J connectivity index is 0.00000306. The molecule has 33 heavy (non-hydrogen) atoms. The molecule has 172 valence electrons. The van der Waals surface area contributed by atoms with Crippen LogP contribution in [0.5, 0.6) is 11.5 Å². The molecule has 3 aromatic carbocycles. The van der Waals surface area contributed by atoms with Crippen molar-refractivity contribution in [1.82, 2.24) is 9.97 Å². The van der Waals surface area contributed by atoms with Gasteiger partial charge < -0.3 is 14.5 Å². The number of rotatable bonds is 6. The Labute approximate surface area is 199 Å². The third-order valence-corrected chi connectivity index (χ3v) is 5.07. The minimum Gasteiger partial charge on any atom is -0.496 e. The van der Waals surface area contributed by atoms with Crippen LogP contribution in [-0.2, 0) is 12.8 Å². The first-order chi connectivity index (χ1) is 15.3. The highest BCUT2D eigenvalue weighted by atomic mass is 35.5. The summed E-state index contributed by atoms with van der Waals surface area (Å²) >= 11 is 5.90. The van der Waals surface area contributed by atoms with E-state index in [9.17, 15) is 13.2 Å². The number of hydrogen-bond donors (Lipinski definition) is 1. The van der Waals surface area contributed by atoms with Crippen LogP contribution in [0.4, 0.5) is 13.2 Å². The van der Waals surface area contributed by atoms with Crippen molar-refractivity contribution in [1.29, 1.82) is 0 Å². The van der Waals surface area contributed by atoms with Crippen LogP contribution in [-0.4, -0.2) is 17.1 Å². The molecule has 0 atom stereocenters. The van der Waals surface area contributed by atoms with Crippen LogP contribution in [0, 0.1) is 0 Å². The molecule has 0 unspecified atom stereocenters. The second-order valence-corrected chi connectivity index (χ2v) is 7.44. The quantitative estimate of drug-likeness (QED) is 0.303. The second kappa shape index (κ2) is 10.2. The lowest BCUT2D eigenvalue weighted by molar-refractivity contribution is -0.137. The summed E-state index contributed by atoms with van der Waals surface area (Å²) in [6.07, 6.45) is -2.86. The molecule has 1 N–H and O–H groups in total. The molecular weight excluding hydrogens is 476 g/mol. The number of alkyl halides is 3. The lowest BCUT2D eigenvalue weighted by Gasteiger charge is -2.11. The van der Waals surface area contributed by atoms with Crippen LogP contribution in [0.2, 0.25) is 5.02 Å². The first-order valence-corrected chi connectivity index (χ1v) is 9.99. The van der Waals surface area contributed by atoms with E-state index in [1.54, 1.807) is 42.6 Å². The standard InChI is InChI=1S/C24H18ClF3N2O2.ClH/c1-31-22-12-19(32-14-15-5-7-18(25)8-6-15)9-10-20(22)21-13-29-23(30-21)16-3-2-4-17(11-16)24(26,27)28;/h2-13H,14H2,1H3,(H,29,30);1H. The topological polar surface area (TPSA) is 47.1 Å². The number of methoxy groups -OCH3 is 1. The Hall–Kier alpha value is -3.16. The molecule has 0 aliphatic heterocycles. The van der Waals surface area contributed by atoms with Crippen LogP contribution < -0.4 is 9.47 Å². The molecule has 0 radical (unpaired) electrons. The van der Waals surface area contributed by atoms with Crippen molar-refractivity contribution in [3.8, 4) is 34.1 Å². The molecule has 0 aliphatic carbocycles. The van der Waals surface area contributed by atoms with Crippen molar-refractivity contribution in [3.63, 3.8) is 0 Å². The van der Waals surface area contributed by atoms with Gasteiger partial charge in [0.05, 0.1) is 24.6 Å². The fourth-order valence-corrected chi connectivity index (χ4v) is 3.30. The number of aromatic amines is 1. The molecule has 4 aromatic rings. The third kappa shape index (κ3) is 5.80. The van der Waals surface area contributed by atoms with Gasteiger partial charge in [-0.25, -0.2) is 4.98 Å². The Bertz CT molecular complexity index is 1230. The summed E-state index contributed by atoms with van der Waals surface area (Å²) in [6, 6.07) is 17.7. The molecule has 0 spiro atoms. The summed E-state index contributed by atoms with van der Waals surface area (Å²) in [6.45, 7) is 0.365. The number of aromatic nitrogens is 2. The van der Waals surface area contributed by atoms with E-state index in [1.807, 2.05) is 12.1 Å². The number of nitrogens with zero attached hydrogens (tertiary/aromatic N) is 1. The lowest BCUT2D eigenvalue weighted by Crippen LogP contribution is -2.04. The van der Waals surface area contributed by atoms with E-state index in [0.29, 0.717) is 45.8 Å². The molecule has 9 heteroatoms. The van der Waals surface area contributed by atoms with Crippen LogP contribution >= 0.6 is 24.0 Å². The monoisotopic (exact) mass is 494 g/mol. The first-order valence-electron chi connectivity index (χ1n) is 9.62. The highest BCUT2D eigenvalue weighted by molar-refractivity contribution is 6.30. The van der Waals surface area contributed by atoms with E-state index < -0.39 is 11.7 Å². The Morgan fingerprint density at radius 1 is 1.00 bits per heavy atom. The van der Waals surface area contributed by atoms with E-state index in [1.165, 1.54) is 13.2 Å². The van der Waals surface area contributed by atoms with Gasteiger partial charge in [0.1, 0.15) is 23.9 Å². The maximum absolute atomic E-state index is 13.0. The number of imidazole rings is 1. The van der Waals surface area contributed by atoms with Crippen molar-refractivity contribution >= 4 is 24.0 Å². The summed E-state index contributed by atoms with van der Waals surface area (Å²) in [5.74, 6) is 1.48. The molecule has 0 saturated carbocycles. The number of halogens is 5. The number of benzene rings is 3. The van der Waals surface area contributed by atoms with Gasteiger partial charge >= 0.3 is 6.18 Å². The van der Waals surface area contributed by atoms with Crippen LogP contribution in [0.15, 0.2) is 72.9 Å². The molecule has 1 heterocycles. The van der Waals surface area contributed by atoms with E-state index in [0.717, 1.165) is 17.7 Å². The highest BCUT2D eigenvalue weighted by Crippen LogP contribution is 2.35. The number of hydrogen-bond acceptors (Lipinski definition) is 3. The molecule has 4 nitrogen and oxygen atoms in total. The number of nitrogens with one attached hydrogen (secondary N) is 1. The zero-order valence-corrected chi connectivity index (χ0v) is 18.9. The maximum atomic E-state index is 13.0. The Morgan fingerprint density at radius 2 is 1.76 bits per heavy atom. The minimum absolute atomic E-state index is 0. The predicted octanol–water partition coefficient (Wildman–Crippen LogP) is 7.43. The zero-order chi connectivity index (χ0) is 22.7. The van der Waals surface area contributed by atoms with Crippen molar-refractivity contribution in [2.45, 2.75) is 12.8 Å². The minimum atomic E-state index is -4.42. The van der Waals surface area contributed by atoms with Gasteiger partial charge in [-0.2, -0.15) is 13.2 Å². The molecule has 0 fully saturated rings. The highest BCUT2D eigenvalue weighted by Gasteiger charge is 2.30. The number of H-pyrrole nitrogens is 1. The van der Waals surface area contributed by atoms with Gasteiger partial charge in [-0.1, -0.05) is 35.9 Å². The fraction of sp³-hybridized carbons (Fsp3) is 0.125. The lowest BCUT2D eigenvalue weighted by atomic mass is 10.1. The van der Waals surface area contributed by atoms with Crippen LogP contribution in [0.3, 0.4) is 0 Å². The van der Waals surface area contributed by atoms with Crippen LogP contribution in [0.1, 0.15) is 11.1 Å². The van der Waals surface area contributed by atoms with Crippen molar-refractivity contribution < 1.29 is 22.6 Å². The summed E-state index contributed by atoms with van der Waals surface area (Å²) in [7, 11) is 1.53. The normalized spacial score (nSPS) is 11.1. The summed E-state index contributed by atoms with van der Waals surface area (Å²) in [5, 5.41) is 0.656. The maximum Gasteiger partial charge on any atom is 0.416 e. The molecule has 0 amide bonds. The second-order valence-electron chi connectivity index (χ2n) is 7.00. The van der Waals surface area contributed by atoms with Crippen molar-refractivity contribution in [2.24, 2.45) is 0 Å². The largest absolute Gasteiger partial charge is 0.496 e. The van der Waals surface area contributed by atoms with Gasteiger partial charge in [-0.05, 0) is 42.0 Å². The molecule has 0 bridgehead atoms. The molecule has 1 aromatic heterocycles. The number of ether oxygens (including phenoxy) is 2. The summed E-state index contributed by atoms with van der Waals surface area (Å²) in [5.41, 5.74) is 1.90. The van der Waals surface area contributed by atoms with Gasteiger partial charge in [-0.15, -0.1) is 12.4 Å². The van der Waals surface area contributed by atoms with E-state index in [-0.39, 0.29) is 12.4 Å². The average molecular weight is 495 g/mol. The first kappa shape index (κ1) is 24.5. The SMILES string of the molecule is COc1cc(OCc2ccc(Cl)cc2)ccc1-c1cnc(-c2cccc(C(F)(F)F)c2)[nH]1.Cl. The smallest absolute Gasteiger partial charge is 0.416 e. The van der Waals surface area contributed by atoms with E-state index in [4.69, 9.17) is 21.1 Å². The average Bonchev–Trinajstić information content (AvgIpc) is 3.28. The van der Waals surface area contributed by atoms with Gasteiger partial charge in [0.25, 0.3) is 0 Å². The Morgan fingerprint density at radius 3 is 2.45 bits per heavy atom. The molecule has 0 saturated heterocycles. The van der Waals surface area contributed by atoms with Crippen molar-refractivity contribution in [3.05, 3.63) is 89.1 Å². The van der Waals surface area contributed by atoms with Gasteiger partial charge in [0, 0.05) is 22.2 Å². The zero-order valence-electron chi connectivity index (χ0n) is 17.3. The molecular formula is C24H19Cl2F3N2O2. The Kier molecular flexibility index (Phi) is 7.56. The molecule has 4 rings (SSSR count). The van der Waals surface area contributed by atoms with Crippen LogP contribution in [0.25, 0.3) is 22.6 Å². The van der Waals surface area contributed by atoms with Gasteiger partial charge in [0.15, 0.2) is 0 Å². The van der Waals surface area contributed by atoms with Gasteiger partial charge in [0.2, 0.25) is 0 Å². The van der Waals surface area contributed by atoms with Crippen molar-refractivity contribution in [2.75, 3.05) is 7.11 Å². The summed E-state index contributed by atoms with van der Waals surface area (Å²) < 4.78 is 50.4. The third-order valence-electron chi connectivity index (χ3n) is 4.82. The van der Waals surface area contributed by atoms with E-state index in [2.05, 4.69) is 9.97 Å². The fourth-order valence-electron chi connectivity index (χ4n) is 3.18. The predicted molar refractivity (Wildman–Crippen MR) is 124 cm³/mol. The van der Waals surface area contributed by atoms with Gasteiger partial charge in [-0.3, -0.25) is 0 Å².